The predicted molar refractivity (Wildman–Crippen MR) is 113 cm³/mol. The maximum absolute atomic E-state index is 13.0. The molecule has 13 heteroatoms. The van der Waals surface area contributed by atoms with E-state index in [0.717, 1.165) is 12.1 Å². The smallest absolute Gasteiger partial charge is 0.417 e. The average Bonchev–Trinajstić information content (AvgIpc) is 3.09. The van der Waals surface area contributed by atoms with Crippen LogP contribution in [0.4, 0.5) is 24.5 Å². The Bertz CT molecular complexity index is 1350. The van der Waals surface area contributed by atoms with Crippen LogP contribution in [0.2, 0.25) is 5.02 Å². The number of rotatable bonds is 6. The highest BCUT2D eigenvalue weighted by Crippen LogP contribution is 2.38. The highest BCUT2D eigenvalue weighted by Gasteiger charge is 2.33. The molecular formula is C20H13ClF3N3O5S. The van der Waals surface area contributed by atoms with E-state index in [4.69, 9.17) is 21.1 Å². The molecular weight excluding hydrogens is 487 g/mol. The van der Waals surface area contributed by atoms with Gasteiger partial charge >= 0.3 is 22.4 Å². The molecule has 0 unspecified atom stereocenters. The molecule has 1 aromatic heterocycles. The first-order valence-electron chi connectivity index (χ1n) is 9.14. The third kappa shape index (κ3) is 5.29. The summed E-state index contributed by atoms with van der Waals surface area (Å²) < 4.78 is 78.9. The van der Waals surface area contributed by atoms with E-state index in [1.165, 1.54) is 36.5 Å². The van der Waals surface area contributed by atoms with E-state index in [0.29, 0.717) is 11.8 Å². The minimum Gasteiger partial charge on any atom is -0.453 e. The molecule has 0 fully saturated rings. The summed E-state index contributed by atoms with van der Waals surface area (Å²) in [5, 5.41) is -0.559. The molecule has 8 nitrogen and oxygen atoms in total. The summed E-state index contributed by atoms with van der Waals surface area (Å²) in [4.78, 5) is 15.5. The number of nitrogens with one attached hydrogen (secondary N) is 2. The Morgan fingerprint density at radius 1 is 1.06 bits per heavy atom. The Kier molecular flexibility index (Phi) is 5.80. The number of benzene rings is 2. The van der Waals surface area contributed by atoms with Gasteiger partial charge in [0, 0.05) is 18.3 Å². The van der Waals surface area contributed by atoms with E-state index < -0.39 is 32.9 Å². The van der Waals surface area contributed by atoms with Crippen molar-refractivity contribution in [3.8, 4) is 17.2 Å². The van der Waals surface area contributed by atoms with Crippen molar-refractivity contribution in [2.45, 2.75) is 12.6 Å². The van der Waals surface area contributed by atoms with Crippen LogP contribution in [0.1, 0.15) is 11.3 Å². The van der Waals surface area contributed by atoms with E-state index in [1.807, 2.05) is 4.72 Å². The second kappa shape index (κ2) is 8.45. The second-order valence-corrected chi connectivity index (χ2v) is 8.59. The SMILES string of the molecule is O=C1Cc2nccc(Oc3cccc(NS(=O)(=O)Nc4ccc(Cl)c(C(F)(F)F)c4)c3)c2O1. The van der Waals surface area contributed by atoms with Gasteiger partial charge in [0.05, 0.1) is 34.1 Å². The molecule has 0 saturated carbocycles. The van der Waals surface area contributed by atoms with E-state index in [-0.39, 0.29) is 35.0 Å². The molecule has 0 radical (unpaired) electrons. The lowest BCUT2D eigenvalue weighted by Crippen LogP contribution is -2.22. The number of halogens is 4. The van der Waals surface area contributed by atoms with Crippen molar-refractivity contribution in [3.05, 3.63) is 71.0 Å². The zero-order valence-electron chi connectivity index (χ0n) is 16.3. The van der Waals surface area contributed by atoms with Gasteiger partial charge in [-0.05, 0) is 30.3 Å². The van der Waals surface area contributed by atoms with E-state index in [2.05, 4.69) is 9.71 Å². The van der Waals surface area contributed by atoms with Crippen molar-refractivity contribution in [2.75, 3.05) is 9.44 Å². The number of fused-ring (bicyclic) bond motifs is 1. The number of pyridine rings is 1. The van der Waals surface area contributed by atoms with Crippen molar-refractivity contribution >= 4 is 39.2 Å². The summed E-state index contributed by atoms with van der Waals surface area (Å²) in [5.41, 5.74) is -1.03. The van der Waals surface area contributed by atoms with Crippen LogP contribution in [0.15, 0.2) is 54.7 Å². The monoisotopic (exact) mass is 499 g/mol. The number of hydrogen-bond donors (Lipinski definition) is 2. The van der Waals surface area contributed by atoms with Crippen LogP contribution in [-0.2, 0) is 27.6 Å². The van der Waals surface area contributed by atoms with Crippen molar-refractivity contribution in [3.63, 3.8) is 0 Å². The van der Waals surface area contributed by atoms with Crippen LogP contribution in [0.25, 0.3) is 0 Å². The van der Waals surface area contributed by atoms with Crippen molar-refractivity contribution in [2.24, 2.45) is 0 Å². The summed E-state index contributed by atoms with van der Waals surface area (Å²) in [6, 6.07) is 9.88. The van der Waals surface area contributed by atoms with Crippen LogP contribution < -0.4 is 18.9 Å². The van der Waals surface area contributed by atoms with E-state index >= 15 is 0 Å². The standard InChI is InChI=1S/C20H13ClF3N3O5S/c21-15-5-4-12(9-14(15)20(22,23)24)27-33(29,30)26-11-2-1-3-13(8-11)31-17-6-7-25-16-10-18(28)32-19(16)17/h1-9,26-27H,10H2. The molecule has 4 rings (SSSR count). The summed E-state index contributed by atoms with van der Waals surface area (Å²) in [5.74, 6) is 0.123. The summed E-state index contributed by atoms with van der Waals surface area (Å²) in [7, 11) is -4.31. The molecule has 0 atom stereocenters. The van der Waals surface area contributed by atoms with Crippen molar-refractivity contribution in [1.29, 1.82) is 0 Å². The third-order valence-electron chi connectivity index (χ3n) is 4.31. The predicted octanol–water partition coefficient (Wildman–Crippen LogP) is 4.78. The van der Waals surface area contributed by atoms with Crippen molar-refractivity contribution in [1.82, 2.24) is 4.98 Å². The molecule has 0 saturated heterocycles. The van der Waals surface area contributed by atoms with Crippen LogP contribution in [0, 0.1) is 0 Å². The highest BCUT2D eigenvalue weighted by molar-refractivity contribution is 7.94. The van der Waals surface area contributed by atoms with Gasteiger partial charge in [-0.15, -0.1) is 0 Å². The van der Waals surface area contributed by atoms with Crippen LogP contribution in [0.5, 0.6) is 17.2 Å². The fraction of sp³-hybridized carbons (Fsp3) is 0.100. The first-order valence-corrected chi connectivity index (χ1v) is 11.0. The molecule has 172 valence electrons. The molecule has 3 aromatic rings. The molecule has 2 heterocycles. The highest BCUT2D eigenvalue weighted by atomic mass is 35.5. The van der Waals surface area contributed by atoms with Gasteiger partial charge in [-0.2, -0.15) is 21.6 Å². The maximum Gasteiger partial charge on any atom is 0.417 e. The number of esters is 1. The topological polar surface area (TPSA) is 107 Å². The summed E-state index contributed by atoms with van der Waals surface area (Å²) in [6.45, 7) is 0. The molecule has 0 amide bonds. The summed E-state index contributed by atoms with van der Waals surface area (Å²) >= 11 is 5.55. The average molecular weight is 500 g/mol. The van der Waals surface area contributed by atoms with Gasteiger partial charge in [-0.25, -0.2) is 0 Å². The summed E-state index contributed by atoms with van der Waals surface area (Å²) in [6.07, 6.45) is -3.30. The zero-order chi connectivity index (χ0) is 23.8. The first-order chi connectivity index (χ1) is 15.5. The van der Waals surface area contributed by atoms with Gasteiger partial charge in [-0.1, -0.05) is 17.7 Å². The van der Waals surface area contributed by atoms with Gasteiger partial charge in [0.25, 0.3) is 0 Å². The number of hydrogen-bond acceptors (Lipinski definition) is 6. The van der Waals surface area contributed by atoms with Crippen LogP contribution in [0.3, 0.4) is 0 Å². The first kappa shape index (κ1) is 22.7. The number of alkyl halides is 3. The number of ether oxygens (including phenoxy) is 2. The van der Waals surface area contributed by atoms with E-state index in [9.17, 15) is 26.4 Å². The Balaban J connectivity index is 1.51. The molecule has 1 aliphatic rings. The van der Waals surface area contributed by atoms with Crippen molar-refractivity contribution < 1.29 is 35.9 Å². The van der Waals surface area contributed by atoms with Gasteiger partial charge in [0.15, 0.2) is 11.5 Å². The minimum absolute atomic E-state index is 0.0127. The Labute approximate surface area is 190 Å². The van der Waals surface area contributed by atoms with Crippen LogP contribution >= 0.6 is 11.6 Å². The number of nitrogens with zero attached hydrogens (tertiary/aromatic N) is 1. The zero-order valence-corrected chi connectivity index (χ0v) is 17.9. The third-order valence-corrected chi connectivity index (χ3v) is 5.65. The minimum atomic E-state index is -4.75. The number of carbonyl (C=O) groups is 1. The lowest BCUT2D eigenvalue weighted by molar-refractivity contribution is -0.137. The molecule has 2 N–H and O–H groups in total. The normalized spacial score (nSPS) is 13.3. The van der Waals surface area contributed by atoms with E-state index in [1.54, 1.807) is 0 Å². The van der Waals surface area contributed by atoms with Gasteiger partial charge in [0.2, 0.25) is 0 Å². The molecule has 1 aliphatic heterocycles. The quantitative estimate of drug-likeness (QED) is 0.473. The molecule has 0 aliphatic carbocycles. The maximum atomic E-state index is 13.0. The number of carbonyl (C=O) groups excluding carboxylic acids is 1. The lowest BCUT2D eigenvalue weighted by Gasteiger charge is -2.14. The van der Waals surface area contributed by atoms with Gasteiger partial charge < -0.3 is 9.47 Å². The fourth-order valence-corrected chi connectivity index (χ4v) is 4.12. The molecule has 2 aromatic carbocycles. The van der Waals surface area contributed by atoms with Crippen LogP contribution in [-0.4, -0.2) is 19.4 Å². The fourth-order valence-electron chi connectivity index (χ4n) is 2.97. The molecule has 0 bridgehead atoms. The van der Waals surface area contributed by atoms with Gasteiger partial charge in [0.1, 0.15) is 5.75 Å². The number of aromatic nitrogens is 1. The molecule has 0 spiro atoms. The Morgan fingerprint density at radius 2 is 1.79 bits per heavy atom. The largest absolute Gasteiger partial charge is 0.453 e. The lowest BCUT2D eigenvalue weighted by atomic mass is 10.2. The Hall–Kier alpha value is -3.51. The Morgan fingerprint density at radius 3 is 2.52 bits per heavy atom. The van der Waals surface area contributed by atoms with Gasteiger partial charge in [-0.3, -0.25) is 19.2 Å². The number of anilines is 2. The molecule has 33 heavy (non-hydrogen) atoms. The second-order valence-electron chi connectivity index (χ2n) is 6.77.